The molecular weight excluding hydrogens is 336 g/mol. The van der Waals surface area contributed by atoms with Crippen molar-refractivity contribution >= 4 is 34.5 Å². The molecule has 1 amide bonds. The molecule has 0 aliphatic carbocycles. The zero-order valence-electron chi connectivity index (χ0n) is 13.7. The Morgan fingerprint density at radius 1 is 1.20 bits per heavy atom. The van der Waals surface area contributed by atoms with Crippen LogP contribution in [0.1, 0.15) is 11.3 Å². The largest absolute Gasteiger partial charge is 0.496 e. The molecule has 0 spiro atoms. The fourth-order valence-corrected chi connectivity index (χ4v) is 2.62. The number of hydrogen-bond acceptors (Lipinski definition) is 3. The molecule has 0 aliphatic rings. The van der Waals surface area contributed by atoms with Gasteiger partial charge in [-0.15, -0.1) is 0 Å². The molecule has 0 bridgehead atoms. The van der Waals surface area contributed by atoms with E-state index in [0.717, 1.165) is 22.2 Å². The average molecular weight is 353 g/mol. The standard InChI is InChI=1S/C20H17ClN2O2/c1-25-19-5-3-2-4-15(19)13-22-20(24)11-10-17-9-7-14-6-8-16(21)12-18(14)23-17/h2-12H,13H2,1H3,(H,22,24)/b11-10+. The van der Waals surface area contributed by atoms with E-state index in [1.54, 1.807) is 19.3 Å². The minimum Gasteiger partial charge on any atom is -0.496 e. The smallest absolute Gasteiger partial charge is 0.244 e. The molecule has 126 valence electrons. The number of carbonyl (C=O) groups excluding carboxylic acids is 1. The Labute approximate surface area is 151 Å². The van der Waals surface area contributed by atoms with Gasteiger partial charge in [0.05, 0.1) is 18.3 Å². The Bertz CT molecular complexity index is 938. The number of nitrogens with zero attached hydrogens (tertiary/aromatic N) is 1. The molecule has 5 heteroatoms. The first kappa shape index (κ1) is 17.0. The van der Waals surface area contributed by atoms with Gasteiger partial charge in [-0.3, -0.25) is 4.79 Å². The number of halogens is 1. The molecule has 2 aromatic carbocycles. The van der Waals surface area contributed by atoms with E-state index in [9.17, 15) is 4.79 Å². The van der Waals surface area contributed by atoms with Gasteiger partial charge in [-0.25, -0.2) is 4.98 Å². The average Bonchev–Trinajstić information content (AvgIpc) is 2.64. The van der Waals surface area contributed by atoms with E-state index < -0.39 is 0 Å². The van der Waals surface area contributed by atoms with Crippen LogP contribution < -0.4 is 10.1 Å². The van der Waals surface area contributed by atoms with Crippen molar-refractivity contribution in [3.63, 3.8) is 0 Å². The summed E-state index contributed by atoms with van der Waals surface area (Å²) in [6.45, 7) is 0.397. The molecule has 4 nitrogen and oxygen atoms in total. The summed E-state index contributed by atoms with van der Waals surface area (Å²) in [5, 5.41) is 4.47. The normalized spacial score (nSPS) is 11.0. The van der Waals surface area contributed by atoms with E-state index in [1.165, 1.54) is 6.08 Å². The Morgan fingerprint density at radius 3 is 2.84 bits per heavy atom. The number of para-hydroxylation sites is 1. The summed E-state index contributed by atoms with van der Waals surface area (Å²) in [4.78, 5) is 16.5. The van der Waals surface area contributed by atoms with Crippen LogP contribution in [0.3, 0.4) is 0 Å². The fraction of sp³-hybridized carbons (Fsp3) is 0.100. The number of methoxy groups -OCH3 is 1. The van der Waals surface area contributed by atoms with Crippen LogP contribution in [0.4, 0.5) is 0 Å². The van der Waals surface area contributed by atoms with Gasteiger partial charge < -0.3 is 10.1 Å². The Kier molecular flexibility index (Phi) is 5.31. The maximum absolute atomic E-state index is 12.0. The van der Waals surface area contributed by atoms with E-state index in [2.05, 4.69) is 10.3 Å². The van der Waals surface area contributed by atoms with E-state index >= 15 is 0 Å². The molecule has 0 unspecified atom stereocenters. The lowest BCUT2D eigenvalue weighted by molar-refractivity contribution is -0.116. The van der Waals surface area contributed by atoms with Crippen molar-refractivity contribution in [2.45, 2.75) is 6.54 Å². The lowest BCUT2D eigenvalue weighted by atomic mass is 10.2. The van der Waals surface area contributed by atoms with Crippen molar-refractivity contribution in [1.29, 1.82) is 0 Å². The molecule has 0 atom stereocenters. The maximum Gasteiger partial charge on any atom is 0.244 e. The van der Waals surface area contributed by atoms with Crippen LogP contribution in [0.15, 0.2) is 60.7 Å². The summed E-state index contributed by atoms with van der Waals surface area (Å²) in [6.07, 6.45) is 3.14. The molecule has 0 aliphatic heterocycles. The zero-order valence-corrected chi connectivity index (χ0v) is 14.5. The monoisotopic (exact) mass is 352 g/mol. The van der Waals surface area contributed by atoms with Gasteiger partial charge in [-0.1, -0.05) is 41.9 Å². The van der Waals surface area contributed by atoms with Crippen molar-refractivity contribution in [2.75, 3.05) is 7.11 Å². The summed E-state index contributed by atoms with van der Waals surface area (Å²) < 4.78 is 5.27. The number of amides is 1. The minimum atomic E-state index is -0.195. The van der Waals surface area contributed by atoms with Crippen LogP contribution in [0.2, 0.25) is 5.02 Å². The van der Waals surface area contributed by atoms with Gasteiger partial charge in [0.15, 0.2) is 0 Å². The van der Waals surface area contributed by atoms with Gasteiger partial charge in [-0.05, 0) is 30.3 Å². The molecule has 0 saturated heterocycles. The van der Waals surface area contributed by atoms with Crippen LogP contribution in [0.25, 0.3) is 17.0 Å². The first-order valence-electron chi connectivity index (χ1n) is 7.80. The first-order chi connectivity index (χ1) is 12.2. The summed E-state index contributed by atoms with van der Waals surface area (Å²) in [5.74, 6) is 0.554. The zero-order chi connectivity index (χ0) is 17.6. The van der Waals surface area contributed by atoms with E-state index in [-0.39, 0.29) is 5.91 Å². The number of pyridine rings is 1. The van der Waals surface area contributed by atoms with Crippen LogP contribution in [-0.2, 0) is 11.3 Å². The number of rotatable bonds is 5. The third kappa shape index (κ3) is 4.37. The maximum atomic E-state index is 12.0. The molecular formula is C20H17ClN2O2. The Morgan fingerprint density at radius 2 is 2.00 bits per heavy atom. The third-order valence-corrected chi connectivity index (χ3v) is 3.96. The molecule has 0 radical (unpaired) electrons. The number of ether oxygens (including phenoxy) is 1. The number of benzene rings is 2. The number of nitrogens with one attached hydrogen (secondary N) is 1. The van der Waals surface area contributed by atoms with Crippen molar-refractivity contribution < 1.29 is 9.53 Å². The van der Waals surface area contributed by atoms with E-state index in [4.69, 9.17) is 16.3 Å². The van der Waals surface area contributed by atoms with Gasteiger partial charge in [0.25, 0.3) is 0 Å². The van der Waals surface area contributed by atoms with Gasteiger partial charge in [0.2, 0.25) is 5.91 Å². The Hall–Kier alpha value is -2.85. The molecule has 3 aromatic rings. The van der Waals surface area contributed by atoms with Crippen LogP contribution in [0.5, 0.6) is 5.75 Å². The van der Waals surface area contributed by atoms with E-state index in [1.807, 2.05) is 48.5 Å². The highest BCUT2D eigenvalue weighted by molar-refractivity contribution is 6.31. The highest BCUT2D eigenvalue weighted by atomic mass is 35.5. The second-order valence-electron chi connectivity index (χ2n) is 5.44. The van der Waals surface area contributed by atoms with Gasteiger partial charge >= 0.3 is 0 Å². The van der Waals surface area contributed by atoms with Crippen LogP contribution in [-0.4, -0.2) is 18.0 Å². The molecule has 0 fully saturated rings. The quantitative estimate of drug-likeness (QED) is 0.699. The fourth-order valence-electron chi connectivity index (χ4n) is 2.45. The molecule has 1 N–H and O–H groups in total. The second kappa shape index (κ2) is 7.81. The number of fused-ring (bicyclic) bond motifs is 1. The summed E-state index contributed by atoms with van der Waals surface area (Å²) in [7, 11) is 1.61. The topological polar surface area (TPSA) is 51.2 Å². The van der Waals surface area contributed by atoms with Crippen LogP contribution >= 0.6 is 11.6 Å². The number of hydrogen-bond donors (Lipinski definition) is 1. The predicted molar refractivity (Wildman–Crippen MR) is 101 cm³/mol. The SMILES string of the molecule is COc1ccccc1CNC(=O)/C=C/c1ccc2ccc(Cl)cc2n1. The van der Waals surface area contributed by atoms with Gasteiger partial charge in [0.1, 0.15) is 5.75 Å². The lowest BCUT2D eigenvalue weighted by Crippen LogP contribution is -2.20. The van der Waals surface area contributed by atoms with Gasteiger partial charge in [0, 0.05) is 28.6 Å². The van der Waals surface area contributed by atoms with Crippen molar-refractivity contribution in [3.05, 3.63) is 77.0 Å². The molecule has 0 saturated carbocycles. The summed E-state index contributed by atoms with van der Waals surface area (Å²) >= 11 is 5.99. The number of carbonyl (C=O) groups is 1. The third-order valence-electron chi connectivity index (χ3n) is 3.73. The summed E-state index contributed by atoms with van der Waals surface area (Å²) in [6, 6.07) is 16.9. The highest BCUT2D eigenvalue weighted by Gasteiger charge is 2.03. The van der Waals surface area contributed by atoms with Gasteiger partial charge in [-0.2, -0.15) is 0 Å². The predicted octanol–water partition coefficient (Wildman–Crippen LogP) is 4.23. The highest BCUT2D eigenvalue weighted by Crippen LogP contribution is 2.18. The number of aromatic nitrogens is 1. The Balaban J connectivity index is 1.66. The van der Waals surface area contributed by atoms with Crippen molar-refractivity contribution in [3.8, 4) is 5.75 Å². The molecule has 3 rings (SSSR count). The van der Waals surface area contributed by atoms with Crippen LogP contribution in [0, 0.1) is 0 Å². The lowest BCUT2D eigenvalue weighted by Gasteiger charge is -2.08. The van der Waals surface area contributed by atoms with E-state index in [0.29, 0.717) is 17.3 Å². The molecule has 1 heterocycles. The van der Waals surface area contributed by atoms with Crippen molar-refractivity contribution in [2.24, 2.45) is 0 Å². The minimum absolute atomic E-state index is 0.195. The first-order valence-corrected chi connectivity index (χ1v) is 8.17. The van der Waals surface area contributed by atoms with Crippen molar-refractivity contribution in [1.82, 2.24) is 10.3 Å². The second-order valence-corrected chi connectivity index (χ2v) is 5.87. The summed E-state index contributed by atoms with van der Waals surface area (Å²) in [5.41, 5.74) is 2.41. The molecule has 1 aromatic heterocycles. The molecule has 25 heavy (non-hydrogen) atoms.